The zero-order valence-corrected chi connectivity index (χ0v) is 30.3. The molecular formula is C36H40F2N8O4S. The van der Waals surface area contributed by atoms with Crippen LogP contribution in [0.4, 0.5) is 13.6 Å². The standard InChI is InChI=1S/C36H40F2N8O4S/c1-19-15-23-31(30(38)28(19)29-20(2)25(37)17-26-24(29)18-40-46(26)27-9-7-8-14-49-27)41-34(51(6)48)32-33(23)45(43-42-32)22-11-13-44(21(16-22)10-12-39)35(47)50-36(3,4)5/h15,17-18,21-22,27H,7-11,13-14,16H2,1-6H3/t21-,22+,27?,51?/m1/s1. The fourth-order valence-corrected chi connectivity index (χ4v) is 8.13. The number of halogens is 2. The fourth-order valence-electron chi connectivity index (χ4n) is 7.50. The second-order valence-electron chi connectivity index (χ2n) is 14.5. The van der Waals surface area contributed by atoms with E-state index in [2.05, 4.69) is 26.5 Å². The molecular weight excluding hydrogens is 679 g/mol. The van der Waals surface area contributed by atoms with Gasteiger partial charge in [0.05, 0.1) is 47.1 Å². The van der Waals surface area contributed by atoms with Gasteiger partial charge in [0, 0.05) is 47.4 Å². The van der Waals surface area contributed by atoms with E-state index in [0.717, 1.165) is 19.3 Å². The Labute approximate surface area is 296 Å². The average molecular weight is 719 g/mol. The van der Waals surface area contributed by atoms with Gasteiger partial charge >= 0.3 is 6.09 Å². The number of nitrogens with zero attached hydrogens (tertiary/aromatic N) is 8. The third-order valence-corrected chi connectivity index (χ3v) is 10.7. The molecule has 1 amide bonds. The molecule has 0 bridgehead atoms. The largest absolute Gasteiger partial charge is 0.444 e. The van der Waals surface area contributed by atoms with Crippen LogP contribution in [0.3, 0.4) is 0 Å². The smallest absolute Gasteiger partial charge is 0.410 e. The molecule has 2 fully saturated rings. The first-order chi connectivity index (χ1) is 24.3. The van der Waals surface area contributed by atoms with Crippen LogP contribution in [0, 0.1) is 36.8 Å². The number of pyridine rings is 1. The van der Waals surface area contributed by atoms with E-state index in [0.29, 0.717) is 58.9 Å². The van der Waals surface area contributed by atoms with Crippen LogP contribution >= 0.6 is 0 Å². The minimum absolute atomic E-state index is 0.0450. The maximum atomic E-state index is 17.2. The number of nitriles is 1. The summed E-state index contributed by atoms with van der Waals surface area (Å²) >= 11 is 0. The van der Waals surface area contributed by atoms with E-state index in [-0.39, 0.29) is 45.9 Å². The van der Waals surface area contributed by atoms with Gasteiger partial charge in [0.2, 0.25) is 0 Å². The first-order valence-corrected chi connectivity index (χ1v) is 18.7. The van der Waals surface area contributed by atoms with Crippen LogP contribution in [-0.2, 0) is 20.3 Å². The Kier molecular flexibility index (Phi) is 9.03. The number of hydrogen-bond acceptors (Lipinski definition) is 9. The number of likely N-dealkylation sites (tertiary alicyclic amines) is 1. The van der Waals surface area contributed by atoms with Crippen molar-refractivity contribution in [2.45, 2.75) is 102 Å². The lowest BCUT2D eigenvalue weighted by atomic mass is 9.91. The lowest BCUT2D eigenvalue weighted by Gasteiger charge is -2.39. The number of carbonyl (C=O) groups is 1. The molecule has 51 heavy (non-hydrogen) atoms. The predicted molar refractivity (Wildman–Crippen MR) is 187 cm³/mol. The number of benzene rings is 2. The zero-order chi connectivity index (χ0) is 36.4. The number of piperidine rings is 1. The maximum Gasteiger partial charge on any atom is 0.410 e. The quantitative estimate of drug-likeness (QED) is 0.185. The topological polar surface area (TPSA) is 141 Å². The van der Waals surface area contributed by atoms with Crippen LogP contribution in [-0.4, -0.2) is 76.0 Å². The lowest BCUT2D eigenvalue weighted by Crippen LogP contribution is -2.48. The monoisotopic (exact) mass is 718 g/mol. The van der Waals surface area contributed by atoms with Crippen molar-refractivity contribution >= 4 is 49.7 Å². The minimum Gasteiger partial charge on any atom is -0.444 e. The molecule has 0 N–H and O–H groups in total. The second kappa shape index (κ2) is 13.2. The predicted octanol–water partition coefficient (Wildman–Crippen LogP) is 7.18. The molecule has 268 valence electrons. The van der Waals surface area contributed by atoms with Crippen LogP contribution in [0.15, 0.2) is 23.4 Å². The first-order valence-electron chi connectivity index (χ1n) is 17.1. The van der Waals surface area contributed by atoms with Gasteiger partial charge in [-0.1, -0.05) is 5.21 Å². The Hall–Kier alpha value is -4.55. The summed E-state index contributed by atoms with van der Waals surface area (Å²) < 4.78 is 61.0. The van der Waals surface area contributed by atoms with Crippen molar-refractivity contribution in [2.75, 3.05) is 19.4 Å². The van der Waals surface area contributed by atoms with E-state index in [1.807, 2.05) is 0 Å². The number of ether oxygens (including phenoxy) is 2. The summed E-state index contributed by atoms with van der Waals surface area (Å²) in [6, 6.07) is 4.62. The number of amides is 1. The summed E-state index contributed by atoms with van der Waals surface area (Å²) in [5.74, 6) is -1.19. The number of aryl methyl sites for hydroxylation is 1. The molecule has 3 aromatic heterocycles. The number of rotatable bonds is 5. The van der Waals surface area contributed by atoms with Crippen molar-refractivity contribution in [3.63, 3.8) is 0 Å². The van der Waals surface area contributed by atoms with E-state index >= 15 is 8.78 Å². The molecule has 7 rings (SSSR count). The molecule has 2 aliphatic rings. The Morgan fingerprint density at radius 1 is 1.12 bits per heavy atom. The summed E-state index contributed by atoms with van der Waals surface area (Å²) in [6.07, 6.45) is 5.79. The van der Waals surface area contributed by atoms with Crippen LogP contribution in [0.5, 0.6) is 0 Å². The number of aromatic nitrogens is 6. The molecule has 5 heterocycles. The molecule has 0 saturated carbocycles. The van der Waals surface area contributed by atoms with E-state index in [1.54, 1.807) is 61.1 Å². The highest BCUT2D eigenvalue weighted by molar-refractivity contribution is 7.84. The first kappa shape index (κ1) is 34.9. The van der Waals surface area contributed by atoms with Gasteiger partial charge in [-0.3, -0.25) is 4.21 Å². The van der Waals surface area contributed by atoms with Crippen molar-refractivity contribution in [3.05, 3.63) is 41.1 Å². The van der Waals surface area contributed by atoms with Gasteiger partial charge in [0.25, 0.3) is 0 Å². The summed E-state index contributed by atoms with van der Waals surface area (Å²) in [4.78, 5) is 19.2. The van der Waals surface area contributed by atoms with Crippen molar-refractivity contribution < 1.29 is 27.3 Å². The molecule has 2 saturated heterocycles. The van der Waals surface area contributed by atoms with Gasteiger partial charge in [-0.15, -0.1) is 5.10 Å². The highest BCUT2D eigenvalue weighted by Crippen LogP contribution is 2.43. The van der Waals surface area contributed by atoms with Gasteiger partial charge in [-0.25, -0.2) is 27.9 Å². The zero-order valence-electron chi connectivity index (χ0n) is 29.5. The fraction of sp³-hybridized carbons (Fsp3) is 0.500. The molecule has 4 atom stereocenters. The summed E-state index contributed by atoms with van der Waals surface area (Å²) in [5, 5.41) is 24.1. The SMILES string of the molecule is Cc1cc2c(nc(S(C)=O)c3nnn([C@H]4CCN(C(=O)OC(C)(C)C)[C@H](CC#N)C4)c32)c(F)c1-c1c(C)c(F)cc2c1cnn2C1CCCCO1. The van der Waals surface area contributed by atoms with E-state index in [4.69, 9.17) is 9.47 Å². The third-order valence-electron chi connectivity index (χ3n) is 9.84. The molecule has 12 nitrogen and oxygen atoms in total. The van der Waals surface area contributed by atoms with Crippen molar-refractivity contribution in [1.29, 1.82) is 5.26 Å². The molecule has 2 aromatic carbocycles. The van der Waals surface area contributed by atoms with E-state index in [9.17, 15) is 14.3 Å². The van der Waals surface area contributed by atoms with Crippen molar-refractivity contribution in [1.82, 2.24) is 34.7 Å². The van der Waals surface area contributed by atoms with Gasteiger partial charge in [0.1, 0.15) is 28.0 Å². The number of carbonyl (C=O) groups excluding carboxylic acids is 1. The lowest BCUT2D eigenvalue weighted by molar-refractivity contribution is -0.0366. The summed E-state index contributed by atoms with van der Waals surface area (Å²) in [5.41, 5.74) is 1.82. The summed E-state index contributed by atoms with van der Waals surface area (Å²) in [6.45, 7) is 9.63. The Bertz CT molecular complexity index is 2270. The van der Waals surface area contributed by atoms with Gasteiger partial charge < -0.3 is 14.4 Å². The van der Waals surface area contributed by atoms with Gasteiger partial charge in [-0.05, 0) is 83.9 Å². The molecule has 5 aromatic rings. The Balaban J connectivity index is 1.38. The molecule has 0 radical (unpaired) electrons. The molecule has 2 aliphatic heterocycles. The van der Waals surface area contributed by atoms with Crippen LogP contribution in [0.2, 0.25) is 0 Å². The number of fused-ring (bicyclic) bond motifs is 4. The van der Waals surface area contributed by atoms with E-state index in [1.165, 1.54) is 12.3 Å². The third kappa shape index (κ3) is 6.12. The van der Waals surface area contributed by atoms with Crippen molar-refractivity contribution in [2.24, 2.45) is 0 Å². The normalized spacial score (nSPS) is 20.6. The molecule has 0 aliphatic carbocycles. The Morgan fingerprint density at radius 2 is 1.90 bits per heavy atom. The van der Waals surface area contributed by atoms with Crippen molar-refractivity contribution in [3.8, 4) is 17.2 Å². The highest BCUT2D eigenvalue weighted by Gasteiger charge is 2.37. The molecule has 0 spiro atoms. The van der Waals surface area contributed by atoms with Gasteiger partial charge in [-0.2, -0.15) is 10.4 Å². The Morgan fingerprint density at radius 3 is 2.59 bits per heavy atom. The molecule has 2 unspecified atom stereocenters. The number of hydrogen-bond donors (Lipinski definition) is 0. The highest BCUT2D eigenvalue weighted by atomic mass is 32.2. The van der Waals surface area contributed by atoms with Crippen LogP contribution in [0.25, 0.3) is 44.0 Å². The maximum absolute atomic E-state index is 17.2. The average Bonchev–Trinajstić information content (AvgIpc) is 3.71. The summed E-state index contributed by atoms with van der Waals surface area (Å²) in [7, 11) is -1.67. The molecule has 15 heteroatoms. The van der Waals surface area contributed by atoms with Crippen LogP contribution < -0.4 is 0 Å². The van der Waals surface area contributed by atoms with Gasteiger partial charge in [0.15, 0.2) is 17.1 Å². The van der Waals surface area contributed by atoms with E-state index < -0.39 is 40.2 Å². The second-order valence-corrected chi connectivity index (χ2v) is 15.7. The minimum atomic E-state index is -1.67. The van der Waals surface area contributed by atoms with Crippen LogP contribution in [0.1, 0.15) is 82.7 Å².